The number of primary amides is 1. The third-order valence-corrected chi connectivity index (χ3v) is 5.31. The molecule has 6 nitrogen and oxygen atoms in total. The molecule has 0 radical (unpaired) electrons. The molecule has 0 aliphatic carbocycles. The van der Waals surface area contributed by atoms with Crippen LogP contribution in [0.4, 0.5) is 0 Å². The summed E-state index contributed by atoms with van der Waals surface area (Å²) < 4.78 is 0.919. The van der Waals surface area contributed by atoms with Crippen LogP contribution in [0.2, 0.25) is 0 Å². The number of amides is 2. The van der Waals surface area contributed by atoms with Gasteiger partial charge in [0.15, 0.2) is 0 Å². The first-order valence-corrected chi connectivity index (χ1v) is 9.40. The van der Waals surface area contributed by atoms with E-state index in [9.17, 15) is 9.59 Å². The Morgan fingerprint density at radius 1 is 1.04 bits per heavy atom. The zero-order valence-electron chi connectivity index (χ0n) is 14.8. The Balaban J connectivity index is 1.54. The van der Waals surface area contributed by atoms with Gasteiger partial charge in [-0.3, -0.25) is 14.6 Å². The van der Waals surface area contributed by atoms with Gasteiger partial charge < -0.3 is 11.1 Å². The molecule has 0 spiro atoms. The summed E-state index contributed by atoms with van der Waals surface area (Å²) in [6.07, 6.45) is 3.42. The summed E-state index contributed by atoms with van der Waals surface area (Å²) in [5.41, 5.74) is 8.97. The van der Waals surface area contributed by atoms with Crippen LogP contribution in [0.1, 0.15) is 26.3 Å². The number of nitrogens with zero attached hydrogens (tertiary/aromatic N) is 2. The second-order valence-corrected chi connectivity index (χ2v) is 7.22. The molecule has 4 rings (SSSR count). The summed E-state index contributed by atoms with van der Waals surface area (Å²) in [5, 5.41) is 3.72. The molecule has 138 valence electrons. The molecule has 0 fully saturated rings. The van der Waals surface area contributed by atoms with Crippen LogP contribution in [0.15, 0.2) is 67.0 Å². The van der Waals surface area contributed by atoms with E-state index in [1.54, 1.807) is 30.6 Å². The van der Waals surface area contributed by atoms with E-state index < -0.39 is 5.91 Å². The van der Waals surface area contributed by atoms with Crippen LogP contribution >= 0.6 is 11.3 Å². The lowest BCUT2D eigenvalue weighted by Gasteiger charge is -2.04. The highest BCUT2D eigenvalue weighted by molar-refractivity contribution is 7.21. The first-order valence-electron chi connectivity index (χ1n) is 8.58. The van der Waals surface area contributed by atoms with Crippen molar-refractivity contribution in [2.75, 3.05) is 0 Å². The van der Waals surface area contributed by atoms with Crippen molar-refractivity contribution in [3.05, 3.63) is 83.7 Å². The molecular weight excluding hydrogens is 372 g/mol. The van der Waals surface area contributed by atoms with Gasteiger partial charge in [0.2, 0.25) is 5.91 Å². The van der Waals surface area contributed by atoms with Gasteiger partial charge in [0, 0.05) is 35.6 Å². The minimum atomic E-state index is -0.460. The molecular formula is C21H16N4O2S. The van der Waals surface area contributed by atoms with Crippen LogP contribution in [-0.4, -0.2) is 21.8 Å². The Bertz CT molecular complexity index is 1150. The van der Waals surface area contributed by atoms with Crippen LogP contribution in [0, 0.1) is 0 Å². The topological polar surface area (TPSA) is 98.0 Å². The summed E-state index contributed by atoms with van der Waals surface area (Å²) in [6, 6.07) is 16.2. The molecule has 3 N–H and O–H groups in total. The Kier molecular flexibility index (Phi) is 4.82. The summed E-state index contributed by atoms with van der Waals surface area (Å²) in [4.78, 5) is 32.3. The summed E-state index contributed by atoms with van der Waals surface area (Å²) >= 11 is 1.49. The standard InChI is InChI=1S/C21H16N4O2S/c22-19(26)14-3-5-15(6-4-14)21-25-17-8-7-16(10-18(17)28-21)20(27)24-12-13-2-1-9-23-11-13/h1-11H,12H2,(H2,22,26)(H,24,27). The minimum Gasteiger partial charge on any atom is -0.366 e. The van der Waals surface area contributed by atoms with Gasteiger partial charge in [-0.25, -0.2) is 4.98 Å². The third-order valence-electron chi connectivity index (χ3n) is 4.24. The van der Waals surface area contributed by atoms with E-state index in [4.69, 9.17) is 5.73 Å². The molecule has 0 aliphatic rings. The normalized spacial score (nSPS) is 10.7. The van der Waals surface area contributed by atoms with Gasteiger partial charge in [0.25, 0.3) is 5.91 Å². The highest BCUT2D eigenvalue weighted by Crippen LogP contribution is 2.31. The molecule has 0 bridgehead atoms. The number of thiazole rings is 1. The minimum absolute atomic E-state index is 0.147. The Hall–Kier alpha value is -3.58. The zero-order chi connectivity index (χ0) is 19.5. The largest absolute Gasteiger partial charge is 0.366 e. The maximum absolute atomic E-state index is 12.4. The molecule has 0 saturated carbocycles. The van der Waals surface area contributed by atoms with E-state index in [1.807, 2.05) is 36.4 Å². The van der Waals surface area contributed by atoms with E-state index in [0.29, 0.717) is 17.7 Å². The van der Waals surface area contributed by atoms with Gasteiger partial charge in [0.05, 0.1) is 10.2 Å². The van der Waals surface area contributed by atoms with Crippen LogP contribution in [0.5, 0.6) is 0 Å². The zero-order valence-corrected chi connectivity index (χ0v) is 15.6. The fourth-order valence-corrected chi connectivity index (χ4v) is 3.76. The molecule has 28 heavy (non-hydrogen) atoms. The molecule has 7 heteroatoms. The van der Waals surface area contributed by atoms with Crippen molar-refractivity contribution in [2.24, 2.45) is 5.73 Å². The lowest BCUT2D eigenvalue weighted by Crippen LogP contribution is -2.22. The predicted molar refractivity (Wildman–Crippen MR) is 109 cm³/mol. The lowest BCUT2D eigenvalue weighted by molar-refractivity contribution is 0.0949. The smallest absolute Gasteiger partial charge is 0.251 e. The summed E-state index contributed by atoms with van der Waals surface area (Å²) in [7, 11) is 0. The monoisotopic (exact) mass is 388 g/mol. The predicted octanol–water partition coefficient (Wildman–Crippen LogP) is 3.39. The fraction of sp³-hybridized carbons (Fsp3) is 0.0476. The third kappa shape index (κ3) is 3.74. The second-order valence-electron chi connectivity index (χ2n) is 6.19. The Morgan fingerprint density at radius 2 is 1.82 bits per heavy atom. The highest BCUT2D eigenvalue weighted by Gasteiger charge is 2.11. The van der Waals surface area contributed by atoms with Gasteiger partial charge in [-0.05, 0) is 42.0 Å². The van der Waals surface area contributed by atoms with Crippen LogP contribution < -0.4 is 11.1 Å². The van der Waals surface area contributed by atoms with Crippen LogP contribution in [-0.2, 0) is 6.54 Å². The maximum Gasteiger partial charge on any atom is 0.251 e. The van der Waals surface area contributed by atoms with Gasteiger partial charge in [-0.2, -0.15) is 0 Å². The number of nitrogens with one attached hydrogen (secondary N) is 1. The van der Waals surface area contributed by atoms with E-state index in [1.165, 1.54) is 11.3 Å². The first kappa shape index (κ1) is 17.8. The average Bonchev–Trinajstić information content (AvgIpc) is 3.16. The van der Waals surface area contributed by atoms with Gasteiger partial charge in [-0.15, -0.1) is 11.3 Å². The van der Waals surface area contributed by atoms with Crippen molar-refractivity contribution < 1.29 is 9.59 Å². The van der Waals surface area contributed by atoms with E-state index in [2.05, 4.69) is 15.3 Å². The first-order chi connectivity index (χ1) is 13.6. The maximum atomic E-state index is 12.4. The number of rotatable bonds is 5. The molecule has 0 unspecified atom stereocenters. The number of nitrogens with two attached hydrogens (primary N) is 1. The number of hydrogen-bond donors (Lipinski definition) is 2. The number of carbonyl (C=O) groups excluding carboxylic acids is 2. The molecule has 0 saturated heterocycles. The van der Waals surface area contributed by atoms with Crippen LogP contribution in [0.3, 0.4) is 0 Å². The summed E-state index contributed by atoms with van der Waals surface area (Å²) in [6.45, 7) is 0.421. The van der Waals surface area contributed by atoms with Gasteiger partial charge in [0.1, 0.15) is 5.01 Å². The Labute approximate surface area is 165 Å². The molecule has 2 aromatic heterocycles. The van der Waals surface area contributed by atoms with E-state index >= 15 is 0 Å². The number of benzene rings is 2. The molecule has 4 aromatic rings. The van der Waals surface area contributed by atoms with Crippen molar-refractivity contribution >= 4 is 33.4 Å². The number of pyridine rings is 1. The quantitative estimate of drug-likeness (QED) is 0.547. The molecule has 2 heterocycles. The molecule has 2 aromatic carbocycles. The summed E-state index contributed by atoms with van der Waals surface area (Å²) in [5.74, 6) is -0.607. The average molecular weight is 388 g/mol. The van der Waals surface area contributed by atoms with Crippen molar-refractivity contribution in [1.29, 1.82) is 0 Å². The van der Waals surface area contributed by atoms with Gasteiger partial charge in [-0.1, -0.05) is 18.2 Å². The molecule has 2 amide bonds. The molecule has 0 aliphatic heterocycles. The molecule has 0 atom stereocenters. The fourth-order valence-electron chi connectivity index (χ4n) is 2.75. The number of hydrogen-bond acceptors (Lipinski definition) is 5. The van der Waals surface area contributed by atoms with Crippen LogP contribution in [0.25, 0.3) is 20.8 Å². The van der Waals surface area contributed by atoms with Gasteiger partial charge >= 0.3 is 0 Å². The Morgan fingerprint density at radius 3 is 2.54 bits per heavy atom. The number of carbonyl (C=O) groups is 2. The second kappa shape index (κ2) is 7.58. The van der Waals surface area contributed by atoms with E-state index in [-0.39, 0.29) is 5.91 Å². The van der Waals surface area contributed by atoms with Crippen molar-refractivity contribution in [3.63, 3.8) is 0 Å². The van der Waals surface area contributed by atoms with Crippen molar-refractivity contribution in [3.8, 4) is 10.6 Å². The lowest BCUT2D eigenvalue weighted by atomic mass is 10.1. The number of fused-ring (bicyclic) bond motifs is 1. The number of aromatic nitrogens is 2. The van der Waals surface area contributed by atoms with Crippen molar-refractivity contribution in [2.45, 2.75) is 6.54 Å². The van der Waals surface area contributed by atoms with Crippen molar-refractivity contribution in [1.82, 2.24) is 15.3 Å². The van der Waals surface area contributed by atoms with E-state index in [0.717, 1.165) is 26.4 Å². The highest BCUT2D eigenvalue weighted by atomic mass is 32.1. The SMILES string of the molecule is NC(=O)c1ccc(-c2nc3ccc(C(=O)NCc4cccnc4)cc3s2)cc1.